The van der Waals surface area contributed by atoms with Gasteiger partial charge in [0, 0.05) is 19.8 Å². The topological polar surface area (TPSA) is 21.3 Å². The molecule has 2 nitrogen and oxygen atoms in total. The Kier molecular flexibility index (Phi) is 7.11. The van der Waals surface area contributed by atoms with Gasteiger partial charge in [-0.1, -0.05) is 37.6 Å². The van der Waals surface area contributed by atoms with Gasteiger partial charge in [0.2, 0.25) is 0 Å². The van der Waals surface area contributed by atoms with Crippen molar-refractivity contribution in [3.8, 4) is 0 Å². The Bertz CT molecular complexity index is 376. The molecule has 19 heavy (non-hydrogen) atoms. The van der Waals surface area contributed by atoms with Crippen molar-refractivity contribution in [2.75, 3.05) is 20.3 Å². The Morgan fingerprint density at radius 3 is 2.58 bits per heavy atom. The summed E-state index contributed by atoms with van der Waals surface area (Å²) in [6.45, 7) is 10.7. The number of aryl methyl sites for hydroxylation is 2. The number of benzene rings is 1. The lowest BCUT2D eigenvalue weighted by Crippen LogP contribution is -2.25. The van der Waals surface area contributed by atoms with Crippen molar-refractivity contribution in [2.45, 2.75) is 46.6 Å². The zero-order valence-electron chi connectivity index (χ0n) is 13.1. The quantitative estimate of drug-likeness (QED) is 0.765. The van der Waals surface area contributed by atoms with E-state index in [4.69, 9.17) is 4.74 Å². The number of ether oxygens (including phenoxy) is 1. The Morgan fingerprint density at radius 2 is 2.00 bits per heavy atom. The molecule has 0 fully saturated rings. The maximum atomic E-state index is 5.27. The molecule has 1 aromatic rings. The molecule has 1 N–H and O–H groups in total. The zero-order chi connectivity index (χ0) is 14.3. The third-order valence-electron chi connectivity index (χ3n) is 3.53. The number of rotatable bonds is 8. The zero-order valence-corrected chi connectivity index (χ0v) is 13.1. The van der Waals surface area contributed by atoms with Gasteiger partial charge in [0.1, 0.15) is 0 Å². The van der Waals surface area contributed by atoms with Crippen molar-refractivity contribution in [3.63, 3.8) is 0 Å². The smallest absolute Gasteiger partial charge is 0.0488 e. The molecule has 0 radical (unpaired) electrons. The summed E-state index contributed by atoms with van der Waals surface area (Å²) in [6, 6.07) is 7.20. The maximum Gasteiger partial charge on any atom is 0.0488 e. The van der Waals surface area contributed by atoms with Gasteiger partial charge in [0.15, 0.2) is 0 Å². The normalized spacial score (nSPS) is 14.4. The lowest BCUT2D eigenvalue weighted by Gasteiger charge is -2.24. The summed E-state index contributed by atoms with van der Waals surface area (Å²) in [7, 11) is 1.78. The average molecular weight is 263 g/mol. The predicted molar refractivity (Wildman–Crippen MR) is 82.6 cm³/mol. The number of hydrogen-bond donors (Lipinski definition) is 1. The number of hydrogen-bond acceptors (Lipinski definition) is 2. The van der Waals surface area contributed by atoms with Crippen LogP contribution in [0.4, 0.5) is 0 Å². The Hall–Kier alpha value is -0.860. The molecule has 0 heterocycles. The first-order valence-electron chi connectivity index (χ1n) is 7.38. The molecule has 0 aromatic heterocycles. The van der Waals surface area contributed by atoms with Crippen LogP contribution in [0.15, 0.2) is 18.2 Å². The maximum absolute atomic E-state index is 5.27. The van der Waals surface area contributed by atoms with E-state index >= 15 is 0 Å². The number of methoxy groups -OCH3 is 1. The van der Waals surface area contributed by atoms with Crippen LogP contribution in [-0.2, 0) is 4.74 Å². The molecule has 0 saturated heterocycles. The summed E-state index contributed by atoms with van der Waals surface area (Å²) in [5.74, 6) is 0.569. The van der Waals surface area contributed by atoms with Gasteiger partial charge in [-0.2, -0.15) is 0 Å². The summed E-state index contributed by atoms with van der Waals surface area (Å²) in [5.41, 5.74) is 4.15. The first-order valence-corrected chi connectivity index (χ1v) is 7.38. The molecule has 0 bridgehead atoms. The van der Waals surface area contributed by atoms with Crippen LogP contribution in [-0.4, -0.2) is 20.3 Å². The second kappa shape index (κ2) is 8.34. The fourth-order valence-electron chi connectivity index (χ4n) is 2.61. The summed E-state index contributed by atoms with van der Waals surface area (Å²) in [4.78, 5) is 0. The van der Waals surface area contributed by atoms with Gasteiger partial charge in [-0.25, -0.2) is 0 Å². The number of nitrogens with one attached hydrogen (secondary N) is 1. The fourth-order valence-corrected chi connectivity index (χ4v) is 2.61. The SMILES string of the molecule is CCCNC(CC(C)COC)c1ccc(C)cc1C. The second-order valence-corrected chi connectivity index (χ2v) is 5.66. The molecule has 0 aliphatic rings. The van der Waals surface area contributed by atoms with Gasteiger partial charge >= 0.3 is 0 Å². The highest BCUT2D eigenvalue weighted by Crippen LogP contribution is 2.25. The lowest BCUT2D eigenvalue weighted by atomic mass is 9.92. The van der Waals surface area contributed by atoms with Gasteiger partial charge in [-0.3, -0.25) is 0 Å². The van der Waals surface area contributed by atoms with E-state index in [1.165, 1.54) is 23.1 Å². The van der Waals surface area contributed by atoms with Gasteiger partial charge in [-0.15, -0.1) is 0 Å². The van der Waals surface area contributed by atoms with Crippen molar-refractivity contribution in [1.82, 2.24) is 5.32 Å². The van der Waals surface area contributed by atoms with Gasteiger partial charge in [0.25, 0.3) is 0 Å². The van der Waals surface area contributed by atoms with Gasteiger partial charge in [0.05, 0.1) is 0 Å². The van der Waals surface area contributed by atoms with E-state index in [1.54, 1.807) is 7.11 Å². The van der Waals surface area contributed by atoms with E-state index in [0.29, 0.717) is 12.0 Å². The van der Waals surface area contributed by atoms with Gasteiger partial charge < -0.3 is 10.1 Å². The average Bonchev–Trinajstić information content (AvgIpc) is 2.35. The Morgan fingerprint density at radius 1 is 1.26 bits per heavy atom. The molecule has 0 spiro atoms. The predicted octanol–water partition coefficient (Wildman–Crippen LogP) is 4.02. The van der Waals surface area contributed by atoms with Crippen molar-refractivity contribution in [1.29, 1.82) is 0 Å². The molecule has 0 amide bonds. The molecule has 1 aromatic carbocycles. The Labute approximate surface area is 118 Å². The third kappa shape index (κ3) is 5.33. The van der Waals surface area contributed by atoms with Crippen LogP contribution in [0.3, 0.4) is 0 Å². The van der Waals surface area contributed by atoms with Crippen LogP contribution in [0, 0.1) is 19.8 Å². The van der Waals surface area contributed by atoms with E-state index in [9.17, 15) is 0 Å². The highest BCUT2D eigenvalue weighted by Gasteiger charge is 2.16. The third-order valence-corrected chi connectivity index (χ3v) is 3.53. The molecule has 0 aliphatic carbocycles. The minimum absolute atomic E-state index is 0.436. The lowest BCUT2D eigenvalue weighted by molar-refractivity contribution is 0.149. The van der Waals surface area contributed by atoms with E-state index in [-0.39, 0.29) is 0 Å². The molecule has 0 saturated carbocycles. The largest absolute Gasteiger partial charge is 0.384 e. The summed E-state index contributed by atoms with van der Waals surface area (Å²) >= 11 is 0. The second-order valence-electron chi connectivity index (χ2n) is 5.66. The van der Waals surface area contributed by atoms with Crippen LogP contribution >= 0.6 is 0 Å². The molecule has 1 rings (SSSR count). The minimum atomic E-state index is 0.436. The van der Waals surface area contributed by atoms with E-state index in [2.05, 4.69) is 51.2 Å². The van der Waals surface area contributed by atoms with Crippen molar-refractivity contribution in [2.24, 2.45) is 5.92 Å². The fraction of sp³-hybridized carbons (Fsp3) is 0.647. The Balaban J connectivity index is 2.82. The highest BCUT2D eigenvalue weighted by molar-refractivity contribution is 5.32. The molecule has 2 unspecified atom stereocenters. The van der Waals surface area contributed by atoms with Crippen molar-refractivity contribution in [3.05, 3.63) is 34.9 Å². The molecule has 2 atom stereocenters. The molecular weight excluding hydrogens is 234 g/mol. The molecule has 0 aliphatic heterocycles. The molecule has 108 valence electrons. The van der Waals surface area contributed by atoms with Crippen LogP contribution in [0.2, 0.25) is 0 Å². The van der Waals surface area contributed by atoms with Gasteiger partial charge in [-0.05, 0) is 50.3 Å². The van der Waals surface area contributed by atoms with E-state index < -0.39 is 0 Å². The molecular formula is C17H29NO. The molecule has 2 heteroatoms. The van der Waals surface area contributed by atoms with Crippen LogP contribution in [0.1, 0.15) is 49.4 Å². The minimum Gasteiger partial charge on any atom is -0.384 e. The highest BCUT2D eigenvalue weighted by atomic mass is 16.5. The van der Waals surface area contributed by atoms with Crippen LogP contribution in [0.5, 0.6) is 0 Å². The first kappa shape index (κ1) is 16.2. The van der Waals surface area contributed by atoms with E-state index in [0.717, 1.165) is 19.6 Å². The van der Waals surface area contributed by atoms with Crippen LogP contribution in [0.25, 0.3) is 0 Å². The van der Waals surface area contributed by atoms with Crippen molar-refractivity contribution >= 4 is 0 Å². The van der Waals surface area contributed by atoms with Crippen LogP contribution < -0.4 is 5.32 Å². The monoisotopic (exact) mass is 263 g/mol. The first-order chi connectivity index (χ1) is 9.08. The summed E-state index contributed by atoms with van der Waals surface area (Å²) < 4.78 is 5.27. The standard InChI is InChI=1S/C17H29NO/c1-6-9-18-17(11-14(3)12-19-5)16-8-7-13(2)10-15(16)4/h7-8,10,14,17-18H,6,9,11-12H2,1-5H3. The van der Waals surface area contributed by atoms with E-state index in [1.807, 2.05) is 0 Å². The van der Waals surface area contributed by atoms with Crippen molar-refractivity contribution < 1.29 is 4.74 Å². The summed E-state index contributed by atoms with van der Waals surface area (Å²) in [6.07, 6.45) is 2.29. The summed E-state index contributed by atoms with van der Waals surface area (Å²) in [5, 5.41) is 3.68.